The third-order valence-corrected chi connectivity index (χ3v) is 5.47. The molecule has 112 valence electrons. The molecule has 0 unspecified atom stereocenters. The third kappa shape index (κ3) is 2.88. The molecule has 0 aromatic heterocycles. The van der Waals surface area contributed by atoms with Crippen LogP contribution in [-0.4, -0.2) is 39.2 Å². The van der Waals surface area contributed by atoms with Crippen LogP contribution in [0.3, 0.4) is 0 Å². The van der Waals surface area contributed by atoms with Crippen molar-refractivity contribution in [1.82, 2.24) is 0 Å². The fourth-order valence-corrected chi connectivity index (χ4v) is 3.66. The maximum Gasteiger partial charge on any atom is 0.139 e. The monoisotopic (exact) mass is 304 g/mol. The lowest BCUT2D eigenvalue weighted by Crippen LogP contribution is -2.55. The highest BCUT2D eigenvalue weighted by molar-refractivity contribution is 6.68. The first kappa shape index (κ1) is 16.8. The third-order valence-electron chi connectivity index (χ3n) is 5.47. The second-order valence-electron chi connectivity index (χ2n) is 6.95. The summed E-state index contributed by atoms with van der Waals surface area (Å²) in [5, 5.41) is 0. The Morgan fingerprint density at radius 1 is 0.542 bits per heavy atom. The van der Waals surface area contributed by atoms with Crippen molar-refractivity contribution in [3.8, 4) is 22.3 Å². The first-order valence-electron chi connectivity index (χ1n) is 8.64. The van der Waals surface area contributed by atoms with Crippen molar-refractivity contribution < 1.29 is 0 Å². The quantitative estimate of drug-likeness (QED) is 0.434. The molecule has 0 aliphatic rings. The molecule has 0 nitrogen and oxygen atoms in total. The highest BCUT2D eigenvalue weighted by Crippen LogP contribution is 2.26. The molecule has 0 atom stereocenters. The summed E-state index contributed by atoms with van der Waals surface area (Å²) < 4.78 is 0. The summed E-state index contributed by atoms with van der Waals surface area (Å²) in [7, 11) is 11.2. The molecule has 0 amide bonds. The van der Waals surface area contributed by atoms with Gasteiger partial charge in [0.1, 0.15) is 39.2 Å². The molecule has 24 heavy (non-hydrogen) atoms. The maximum absolute atomic E-state index is 2.34. The molecule has 0 heterocycles. The smallest absolute Gasteiger partial charge is 0.102 e. The summed E-state index contributed by atoms with van der Waals surface area (Å²) in [6.45, 7) is 2.19. The molecular weight excluding hydrogens is 282 g/mol. The van der Waals surface area contributed by atoms with Crippen molar-refractivity contribution in [3.63, 3.8) is 0 Å². The molecule has 0 spiro atoms. The van der Waals surface area contributed by atoms with E-state index in [1.807, 2.05) is 0 Å². The largest absolute Gasteiger partial charge is 0.139 e. The lowest BCUT2D eigenvalue weighted by Gasteiger charge is -2.21. The first-order valence-corrected chi connectivity index (χ1v) is 8.64. The van der Waals surface area contributed by atoms with Gasteiger partial charge in [-0.1, -0.05) is 53.4 Å². The molecule has 0 aliphatic carbocycles. The van der Waals surface area contributed by atoms with Gasteiger partial charge in [-0.15, -0.1) is 16.4 Å². The summed E-state index contributed by atoms with van der Waals surface area (Å²) >= 11 is 0. The van der Waals surface area contributed by atoms with Crippen molar-refractivity contribution in [2.45, 2.75) is 6.92 Å². The van der Waals surface area contributed by atoms with Crippen LogP contribution in [0.15, 0.2) is 48.5 Å². The van der Waals surface area contributed by atoms with Crippen LogP contribution in [0.2, 0.25) is 0 Å². The van der Waals surface area contributed by atoms with E-state index in [1.54, 1.807) is 0 Å². The molecule has 3 aromatic carbocycles. The van der Waals surface area contributed by atoms with E-state index < -0.39 is 0 Å². The van der Waals surface area contributed by atoms with Gasteiger partial charge in [0.05, 0.1) is 0 Å². The zero-order valence-corrected chi connectivity index (χ0v) is 15.6. The van der Waals surface area contributed by atoms with Gasteiger partial charge in [0.15, 0.2) is 0 Å². The van der Waals surface area contributed by atoms with E-state index in [2.05, 4.69) is 94.7 Å². The molecule has 0 N–H and O–H groups in total. The predicted molar refractivity (Wildman–Crippen MR) is 123 cm³/mol. The van der Waals surface area contributed by atoms with Crippen molar-refractivity contribution in [2.24, 2.45) is 0 Å². The van der Waals surface area contributed by atoms with Crippen LogP contribution in [0.25, 0.3) is 22.3 Å². The van der Waals surface area contributed by atoms with E-state index in [0.717, 1.165) is 0 Å². The summed E-state index contributed by atoms with van der Waals surface area (Å²) in [6.07, 6.45) is 0. The SMILES string of the molecule is Bc1c(B)c(B)c(-c2cc(C)cc(-c3ccccc3)c2)c(B)c1B. The van der Waals surface area contributed by atoms with Crippen molar-refractivity contribution in [3.05, 3.63) is 54.1 Å². The molecule has 3 aromatic rings. The lowest BCUT2D eigenvalue weighted by atomic mass is 9.59. The van der Waals surface area contributed by atoms with Gasteiger partial charge in [0.25, 0.3) is 0 Å². The highest BCUT2D eigenvalue weighted by Gasteiger charge is 2.14. The number of hydrogen-bond acceptors (Lipinski definition) is 0. The van der Waals surface area contributed by atoms with Gasteiger partial charge in [-0.05, 0) is 40.8 Å². The van der Waals surface area contributed by atoms with Gasteiger partial charge in [-0.2, -0.15) is 0 Å². The lowest BCUT2D eigenvalue weighted by molar-refractivity contribution is 1.47. The van der Waals surface area contributed by atoms with E-state index in [4.69, 9.17) is 0 Å². The van der Waals surface area contributed by atoms with Gasteiger partial charge in [0, 0.05) is 0 Å². The highest BCUT2D eigenvalue weighted by atomic mass is 14.1. The number of benzene rings is 3. The fourth-order valence-electron chi connectivity index (χ4n) is 3.66. The molecule has 0 fully saturated rings. The Labute approximate surface area is 150 Å². The number of hydrogen-bond donors (Lipinski definition) is 0. The Morgan fingerprint density at radius 3 is 1.62 bits per heavy atom. The van der Waals surface area contributed by atoms with Crippen molar-refractivity contribution in [1.29, 1.82) is 0 Å². The summed E-state index contributed by atoms with van der Waals surface area (Å²) in [5.41, 5.74) is 13.7. The fraction of sp³-hybridized carbons (Fsp3) is 0.0526. The van der Waals surface area contributed by atoms with E-state index in [1.165, 1.54) is 55.1 Å². The van der Waals surface area contributed by atoms with Crippen LogP contribution < -0.4 is 27.3 Å². The minimum Gasteiger partial charge on any atom is -0.102 e. The summed E-state index contributed by atoms with van der Waals surface area (Å²) in [6, 6.07) is 17.6. The predicted octanol–water partition coefficient (Wildman–Crippen LogP) is -3.38. The zero-order chi connectivity index (χ0) is 17.4. The van der Waals surface area contributed by atoms with Gasteiger partial charge in [-0.3, -0.25) is 0 Å². The molecule has 0 aliphatic heterocycles. The van der Waals surface area contributed by atoms with Crippen LogP contribution in [0.5, 0.6) is 0 Å². The average Bonchev–Trinajstić information content (AvgIpc) is 2.59. The van der Waals surface area contributed by atoms with E-state index in [0.29, 0.717) is 0 Å². The topological polar surface area (TPSA) is 0 Å². The molecule has 0 radical (unpaired) electrons. The minimum atomic E-state index is 1.28. The molecule has 0 saturated heterocycles. The molecular formula is C19H21B5. The van der Waals surface area contributed by atoms with Crippen LogP contribution in [0.4, 0.5) is 0 Å². The van der Waals surface area contributed by atoms with Crippen molar-refractivity contribution >= 4 is 66.5 Å². The van der Waals surface area contributed by atoms with Crippen LogP contribution in [0, 0.1) is 6.92 Å². The van der Waals surface area contributed by atoms with Crippen LogP contribution in [0.1, 0.15) is 5.56 Å². The van der Waals surface area contributed by atoms with Gasteiger partial charge in [-0.25, -0.2) is 0 Å². The summed E-state index contributed by atoms with van der Waals surface area (Å²) in [4.78, 5) is 0. The minimum absolute atomic E-state index is 1.28. The number of aryl methyl sites for hydroxylation is 1. The van der Waals surface area contributed by atoms with Crippen LogP contribution in [-0.2, 0) is 0 Å². The first-order chi connectivity index (χ1) is 11.4. The molecule has 3 rings (SSSR count). The molecule has 5 heteroatoms. The second kappa shape index (κ2) is 6.47. The van der Waals surface area contributed by atoms with Gasteiger partial charge >= 0.3 is 0 Å². The molecule has 0 saturated carbocycles. The Morgan fingerprint density at radius 2 is 1.04 bits per heavy atom. The van der Waals surface area contributed by atoms with E-state index >= 15 is 0 Å². The van der Waals surface area contributed by atoms with E-state index in [-0.39, 0.29) is 0 Å². The Hall–Kier alpha value is -2.02. The van der Waals surface area contributed by atoms with Crippen molar-refractivity contribution in [2.75, 3.05) is 0 Å². The van der Waals surface area contributed by atoms with Gasteiger partial charge in [0.2, 0.25) is 0 Å². The standard InChI is InChI=1S/C19H21B5/c1-10-7-12(11-5-3-2-4-6-11)9-13(8-10)14-15(20)17(22)19(24)18(23)16(14)21/h2-9H,20-24H2,1H3. The summed E-state index contributed by atoms with van der Waals surface area (Å²) in [5.74, 6) is 0. The van der Waals surface area contributed by atoms with Crippen LogP contribution >= 0.6 is 0 Å². The number of rotatable bonds is 2. The molecule has 0 bridgehead atoms. The van der Waals surface area contributed by atoms with Gasteiger partial charge < -0.3 is 0 Å². The zero-order valence-electron chi connectivity index (χ0n) is 15.6. The van der Waals surface area contributed by atoms with E-state index in [9.17, 15) is 0 Å². The Bertz CT molecular complexity index is 888. The Balaban J connectivity index is 2.27. The maximum atomic E-state index is 2.34. The normalized spacial score (nSPS) is 10.7. The Kier molecular flexibility index (Phi) is 4.54. The average molecular weight is 303 g/mol. The second-order valence-corrected chi connectivity index (χ2v) is 6.95.